The summed E-state index contributed by atoms with van der Waals surface area (Å²) in [5.41, 5.74) is 1.13. The molecule has 0 radical (unpaired) electrons. The van der Waals surface area contributed by atoms with E-state index in [2.05, 4.69) is 42.6 Å². The smallest absolute Gasteiger partial charge is 0.314 e. The molecule has 0 bridgehead atoms. The standard InChI is InChI=1S/C26H22F3N7O/c27-26(28,29)22-13-19(3-4-20(22)16-36-9-7-30-8-10-36)25(37)34-23-12-17(5-6-31-23)1-2-18-11-21-15-33-35-24(21)32-14-18/h3-6,11-15,30H,7-10,16H2,(H,31,34,37)(H,32,33,35). The van der Waals surface area contributed by atoms with Gasteiger partial charge in [0.2, 0.25) is 0 Å². The summed E-state index contributed by atoms with van der Waals surface area (Å²) in [7, 11) is 0. The summed E-state index contributed by atoms with van der Waals surface area (Å²) in [6.45, 7) is 2.96. The highest BCUT2D eigenvalue weighted by Gasteiger charge is 2.34. The maximum Gasteiger partial charge on any atom is 0.416 e. The molecular formula is C26H22F3N7O. The summed E-state index contributed by atoms with van der Waals surface area (Å²) in [5, 5.41) is 13.3. The van der Waals surface area contributed by atoms with E-state index < -0.39 is 17.6 Å². The Bertz CT molecular complexity index is 1500. The van der Waals surface area contributed by atoms with Gasteiger partial charge in [0.1, 0.15) is 5.82 Å². The number of H-pyrrole nitrogens is 1. The summed E-state index contributed by atoms with van der Waals surface area (Å²) in [4.78, 5) is 23.1. The van der Waals surface area contributed by atoms with Crippen LogP contribution in [0.25, 0.3) is 11.0 Å². The second kappa shape index (κ2) is 10.4. The minimum atomic E-state index is -4.58. The van der Waals surface area contributed by atoms with Gasteiger partial charge in [-0.05, 0) is 35.9 Å². The number of aromatic nitrogens is 4. The first-order valence-corrected chi connectivity index (χ1v) is 11.6. The van der Waals surface area contributed by atoms with Crippen molar-refractivity contribution in [2.45, 2.75) is 12.7 Å². The van der Waals surface area contributed by atoms with E-state index in [1.807, 2.05) is 11.0 Å². The van der Waals surface area contributed by atoms with Crippen molar-refractivity contribution >= 4 is 22.8 Å². The zero-order valence-corrected chi connectivity index (χ0v) is 19.6. The number of fused-ring (bicyclic) bond motifs is 1. The van der Waals surface area contributed by atoms with Crippen LogP contribution in [0.15, 0.2) is 55.0 Å². The molecule has 5 rings (SSSR count). The van der Waals surface area contributed by atoms with Crippen LogP contribution in [0.5, 0.6) is 0 Å². The molecule has 1 aromatic carbocycles. The number of rotatable bonds is 4. The van der Waals surface area contributed by atoms with Gasteiger partial charge in [0.05, 0.1) is 11.8 Å². The number of amides is 1. The number of aromatic amines is 1. The normalized spacial score (nSPS) is 14.2. The Balaban J connectivity index is 1.32. The van der Waals surface area contributed by atoms with Gasteiger partial charge < -0.3 is 10.6 Å². The van der Waals surface area contributed by atoms with E-state index in [4.69, 9.17) is 0 Å². The Hall–Kier alpha value is -4.27. The zero-order valence-electron chi connectivity index (χ0n) is 19.6. The number of piperazine rings is 1. The molecule has 11 heteroatoms. The number of benzene rings is 1. The molecule has 1 fully saturated rings. The van der Waals surface area contributed by atoms with Crippen LogP contribution in [0.3, 0.4) is 0 Å². The molecule has 0 saturated carbocycles. The number of hydrogen-bond donors (Lipinski definition) is 3. The van der Waals surface area contributed by atoms with E-state index in [-0.39, 0.29) is 23.5 Å². The van der Waals surface area contributed by atoms with Gasteiger partial charge in [-0.1, -0.05) is 17.9 Å². The summed E-state index contributed by atoms with van der Waals surface area (Å²) < 4.78 is 41.5. The second-order valence-electron chi connectivity index (χ2n) is 8.56. The van der Waals surface area contributed by atoms with E-state index in [1.165, 1.54) is 18.3 Å². The molecule has 0 atom stereocenters. The highest BCUT2D eigenvalue weighted by atomic mass is 19.4. The molecular weight excluding hydrogens is 483 g/mol. The highest BCUT2D eigenvalue weighted by Crippen LogP contribution is 2.33. The van der Waals surface area contributed by atoms with E-state index >= 15 is 0 Å². The van der Waals surface area contributed by atoms with Crippen LogP contribution in [0, 0.1) is 11.8 Å². The van der Waals surface area contributed by atoms with Crippen molar-refractivity contribution < 1.29 is 18.0 Å². The lowest BCUT2D eigenvalue weighted by Gasteiger charge is -2.28. The first-order valence-electron chi connectivity index (χ1n) is 11.6. The van der Waals surface area contributed by atoms with Gasteiger partial charge in [0, 0.05) is 67.2 Å². The Morgan fingerprint density at radius 2 is 1.84 bits per heavy atom. The quantitative estimate of drug-likeness (QED) is 0.368. The molecule has 0 aliphatic carbocycles. The van der Waals surface area contributed by atoms with Crippen molar-refractivity contribution in [3.8, 4) is 11.8 Å². The van der Waals surface area contributed by atoms with Crippen LogP contribution in [-0.2, 0) is 12.7 Å². The summed E-state index contributed by atoms with van der Waals surface area (Å²) in [6.07, 6.45) is 0.146. The van der Waals surface area contributed by atoms with Gasteiger partial charge >= 0.3 is 6.18 Å². The van der Waals surface area contributed by atoms with Crippen LogP contribution in [0.2, 0.25) is 0 Å². The van der Waals surface area contributed by atoms with E-state index in [0.717, 1.165) is 24.5 Å². The SMILES string of the molecule is O=C(Nc1cc(C#Cc2cnc3[nH]ncc3c2)ccn1)c1ccc(CN2CCNCC2)c(C(F)(F)F)c1. The minimum Gasteiger partial charge on any atom is -0.314 e. The number of carbonyl (C=O) groups excluding carboxylic acids is 1. The molecule has 1 aliphatic heterocycles. The van der Waals surface area contributed by atoms with Gasteiger partial charge in [0.25, 0.3) is 5.91 Å². The average molecular weight is 506 g/mol. The van der Waals surface area contributed by atoms with Gasteiger partial charge in [0.15, 0.2) is 5.65 Å². The number of pyridine rings is 2. The molecule has 3 aromatic heterocycles. The maximum atomic E-state index is 13.8. The Kier molecular flexibility index (Phi) is 6.85. The predicted molar refractivity (Wildman–Crippen MR) is 132 cm³/mol. The largest absolute Gasteiger partial charge is 0.416 e. The highest BCUT2D eigenvalue weighted by molar-refractivity contribution is 6.04. The summed E-state index contributed by atoms with van der Waals surface area (Å²) in [6, 6.07) is 8.74. The molecule has 8 nitrogen and oxygen atoms in total. The van der Waals surface area contributed by atoms with Crippen LogP contribution in [0.4, 0.5) is 19.0 Å². The van der Waals surface area contributed by atoms with Crippen LogP contribution in [-0.4, -0.2) is 57.2 Å². The summed E-state index contributed by atoms with van der Waals surface area (Å²) >= 11 is 0. The van der Waals surface area contributed by atoms with Crippen molar-refractivity contribution in [2.75, 3.05) is 31.5 Å². The number of halogens is 3. The third-order valence-electron chi connectivity index (χ3n) is 5.92. The lowest BCUT2D eigenvalue weighted by Crippen LogP contribution is -2.43. The predicted octanol–water partition coefficient (Wildman–Crippen LogP) is 3.43. The monoisotopic (exact) mass is 505 g/mol. The minimum absolute atomic E-state index is 0.103. The number of hydrogen-bond acceptors (Lipinski definition) is 6. The van der Waals surface area contributed by atoms with Crippen LogP contribution < -0.4 is 10.6 Å². The molecule has 1 saturated heterocycles. The molecule has 188 valence electrons. The van der Waals surface area contributed by atoms with Crippen molar-refractivity contribution in [1.29, 1.82) is 0 Å². The molecule has 0 unspecified atom stereocenters. The molecule has 0 spiro atoms. The van der Waals surface area contributed by atoms with Crippen LogP contribution in [0.1, 0.15) is 32.6 Å². The fourth-order valence-corrected chi connectivity index (χ4v) is 4.04. The van der Waals surface area contributed by atoms with Crippen LogP contribution >= 0.6 is 0 Å². The molecule has 1 aliphatic rings. The van der Waals surface area contributed by atoms with Gasteiger partial charge in [-0.15, -0.1) is 0 Å². The van der Waals surface area contributed by atoms with Crippen molar-refractivity contribution in [2.24, 2.45) is 0 Å². The first kappa shape index (κ1) is 24.4. The van der Waals surface area contributed by atoms with E-state index in [9.17, 15) is 18.0 Å². The fourth-order valence-electron chi connectivity index (χ4n) is 4.04. The lowest BCUT2D eigenvalue weighted by molar-refractivity contribution is -0.138. The number of carbonyl (C=O) groups is 1. The van der Waals surface area contributed by atoms with Gasteiger partial charge in [-0.3, -0.25) is 14.8 Å². The molecule has 4 aromatic rings. The Morgan fingerprint density at radius 3 is 2.65 bits per heavy atom. The molecule has 4 heterocycles. The fraction of sp³-hybridized carbons (Fsp3) is 0.231. The Morgan fingerprint density at radius 1 is 1.03 bits per heavy atom. The van der Waals surface area contributed by atoms with E-state index in [1.54, 1.807) is 24.5 Å². The Labute approximate surface area is 210 Å². The molecule has 37 heavy (non-hydrogen) atoms. The van der Waals surface area contributed by atoms with Crippen molar-refractivity contribution in [3.63, 3.8) is 0 Å². The molecule has 3 N–H and O–H groups in total. The van der Waals surface area contributed by atoms with Gasteiger partial charge in [-0.25, -0.2) is 9.97 Å². The number of nitrogens with one attached hydrogen (secondary N) is 3. The number of anilines is 1. The third-order valence-corrected chi connectivity index (χ3v) is 5.92. The third kappa shape index (κ3) is 5.94. The van der Waals surface area contributed by atoms with E-state index in [0.29, 0.717) is 29.9 Å². The average Bonchev–Trinajstić information content (AvgIpc) is 3.36. The maximum absolute atomic E-state index is 13.8. The zero-order chi connectivity index (χ0) is 25.8. The van der Waals surface area contributed by atoms with Crippen molar-refractivity contribution in [1.82, 2.24) is 30.4 Å². The van der Waals surface area contributed by atoms with Crippen molar-refractivity contribution in [3.05, 3.63) is 82.8 Å². The second-order valence-corrected chi connectivity index (χ2v) is 8.56. The topological polar surface area (TPSA) is 98.8 Å². The number of alkyl halides is 3. The number of nitrogens with zero attached hydrogens (tertiary/aromatic N) is 4. The summed E-state index contributed by atoms with van der Waals surface area (Å²) in [5.74, 6) is 5.46. The first-order chi connectivity index (χ1) is 17.8. The van der Waals surface area contributed by atoms with Gasteiger partial charge in [-0.2, -0.15) is 18.3 Å². The molecule has 1 amide bonds. The lowest BCUT2D eigenvalue weighted by atomic mass is 10.0.